The van der Waals surface area contributed by atoms with E-state index in [9.17, 15) is 9.59 Å². The topological polar surface area (TPSA) is 114 Å². The normalized spacial score (nSPS) is 10.9. The van der Waals surface area contributed by atoms with Gasteiger partial charge in [0.25, 0.3) is 5.56 Å². The van der Waals surface area contributed by atoms with Gasteiger partial charge < -0.3 is 16.0 Å². The van der Waals surface area contributed by atoms with Crippen LogP contribution in [0, 0.1) is 13.8 Å². The summed E-state index contributed by atoms with van der Waals surface area (Å²) in [5.74, 6) is -0.117. The fourth-order valence-electron chi connectivity index (χ4n) is 3.08. The molecule has 3 aromatic heterocycles. The number of nitrogens with two attached hydrogens (primary N) is 1. The van der Waals surface area contributed by atoms with E-state index in [4.69, 9.17) is 5.73 Å². The Labute approximate surface area is 164 Å². The number of pyridine rings is 2. The molecule has 0 aliphatic carbocycles. The van der Waals surface area contributed by atoms with Crippen molar-refractivity contribution in [1.29, 1.82) is 0 Å². The van der Waals surface area contributed by atoms with E-state index in [0.29, 0.717) is 33.7 Å². The van der Waals surface area contributed by atoms with Gasteiger partial charge in [-0.25, -0.2) is 9.97 Å². The molecule has 7 nitrogen and oxygen atoms in total. The van der Waals surface area contributed by atoms with Crippen molar-refractivity contribution in [1.82, 2.24) is 15.0 Å². The van der Waals surface area contributed by atoms with Gasteiger partial charge in [0.1, 0.15) is 5.82 Å². The van der Waals surface area contributed by atoms with Crippen molar-refractivity contribution in [2.24, 2.45) is 5.73 Å². The predicted octanol–water partition coefficient (Wildman–Crippen LogP) is 3.51. The van der Waals surface area contributed by atoms with E-state index in [2.05, 4.69) is 20.3 Å². The van der Waals surface area contributed by atoms with Crippen LogP contribution in [0.25, 0.3) is 22.2 Å². The summed E-state index contributed by atoms with van der Waals surface area (Å²) in [5, 5.41) is 7.24. The summed E-state index contributed by atoms with van der Waals surface area (Å²) < 4.78 is 0. The second kappa shape index (κ2) is 6.90. The molecule has 0 spiro atoms. The lowest BCUT2D eigenvalue weighted by atomic mass is 10.1. The fraction of sp³-hybridized carbons (Fsp3) is 0.100. The smallest absolute Gasteiger partial charge is 0.259 e. The molecule has 4 rings (SSSR count). The number of rotatable bonds is 4. The van der Waals surface area contributed by atoms with Crippen LogP contribution in [0.3, 0.4) is 0 Å². The fourth-order valence-corrected chi connectivity index (χ4v) is 3.69. The first kappa shape index (κ1) is 17.9. The van der Waals surface area contributed by atoms with E-state index < -0.39 is 5.91 Å². The Bertz CT molecular complexity index is 1280. The number of benzene rings is 1. The Balaban J connectivity index is 1.92. The summed E-state index contributed by atoms with van der Waals surface area (Å²) in [6.45, 7) is 3.72. The number of aromatic amines is 1. The van der Waals surface area contributed by atoms with Gasteiger partial charge in [0.2, 0.25) is 5.91 Å². The van der Waals surface area contributed by atoms with E-state index >= 15 is 0 Å². The average molecular weight is 391 g/mol. The SMILES string of the molecule is Cc1nc(-c2cc3cc[nH]c(=O)c3c(Nc3cccc(C(N)=O)c3C)n2)cs1. The number of fused-ring (bicyclic) bond motifs is 1. The van der Waals surface area contributed by atoms with Crippen LogP contribution in [0.2, 0.25) is 0 Å². The number of primary amides is 1. The highest BCUT2D eigenvalue weighted by atomic mass is 32.1. The quantitative estimate of drug-likeness (QED) is 0.493. The zero-order chi connectivity index (χ0) is 19.8. The van der Waals surface area contributed by atoms with E-state index in [1.54, 1.807) is 25.3 Å². The number of hydrogen-bond donors (Lipinski definition) is 3. The summed E-state index contributed by atoms with van der Waals surface area (Å²) in [7, 11) is 0. The van der Waals surface area contributed by atoms with Crippen molar-refractivity contribution in [3.05, 3.63) is 68.4 Å². The largest absolute Gasteiger partial charge is 0.366 e. The van der Waals surface area contributed by atoms with Crippen molar-refractivity contribution in [2.75, 3.05) is 5.32 Å². The molecule has 0 saturated heterocycles. The third-order valence-electron chi connectivity index (χ3n) is 4.49. The number of H-pyrrole nitrogens is 1. The maximum absolute atomic E-state index is 12.5. The first-order chi connectivity index (χ1) is 13.4. The van der Waals surface area contributed by atoms with Crippen LogP contribution < -0.4 is 16.6 Å². The van der Waals surface area contributed by atoms with Crippen LogP contribution >= 0.6 is 11.3 Å². The number of aromatic nitrogens is 3. The predicted molar refractivity (Wildman–Crippen MR) is 111 cm³/mol. The molecule has 4 N–H and O–H groups in total. The van der Waals surface area contributed by atoms with Gasteiger partial charge in [-0.15, -0.1) is 11.3 Å². The first-order valence-electron chi connectivity index (χ1n) is 8.55. The summed E-state index contributed by atoms with van der Waals surface area (Å²) in [5.41, 5.74) is 8.35. The molecule has 140 valence electrons. The van der Waals surface area contributed by atoms with E-state index in [1.807, 2.05) is 30.5 Å². The van der Waals surface area contributed by atoms with Crippen LogP contribution in [-0.2, 0) is 0 Å². The maximum atomic E-state index is 12.5. The number of anilines is 2. The molecule has 0 unspecified atom stereocenters. The van der Waals surface area contributed by atoms with E-state index in [0.717, 1.165) is 16.1 Å². The first-order valence-corrected chi connectivity index (χ1v) is 9.43. The van der Waals surface area contributed by atoms with Gasteiger partial charge >= 0.3 is 0 Å². The number of amides is 1. The minimum atomic E-state index is -0.511. The molecule has 4 aromatic rings. The van der Waals surface area contributed by atoms with Crippen molar-refractivity contribution < 1.29 is 4.79 Å². The third kappa shape index (κ3) is 3.14. The summed E-state index contributed by atoms with van der Waals surface area (Å²) in [6.07, 6.45) is 1.60. The van der Waals surface area contributed by atoms with Crippen molar-refractivity contribution in [2.45, 2.75) is 13.8 Å². The molecule has 0 aliphatic heterocycles. The second-order valence-electron chi connectivity index (χ2n) is 6.35. The molecule has 0 fully saturated rings. The molecule has 0 bridgehead atoms. The Kier molecular flexibility index (Phi) is 4.40. The maximum Gasteiger partial charge on any atom is 0.259 e. The van der Waals surface area contributed by atoms with Gasteiger partial charge in [0, 0.05) is 22.8 Å². The molecule has 0 atom stereocenters. The number of nitrogens with zero attached hydrogens (tertiary/aromatic N) is 2. The Morgan fingerprint density at radius 2 is 2.00 bits per heavy atom. The lowest BCUT2D eigenvalue weighted by molar-refractivity contribution is 0.1000. The molecule has 8 heteroatoms. The van der Waals surface area contributed by atoms with Gasteiger partial charge in [-0.1, -0.05) is 6.07 Å². The molecule has 3 heterocycles. The van der Waals surface area contributed by atoms with Crippen LogP contribution in [0.4, 0.5) is 11.5 Å². The van der Waals surface area contributed by atoms with Gasteiger partial charge in [-0.05, 0) is 49.1 Å². The summed E-state index contributed by atoms with van der Waals surface area (Å²) >= 11 is 1.53. The standard InChI is InChI=1S/C20H17N5O2S/c1-10-13(18(21)26)4-3-5-14(10)24-19-17-12(6-7-22-20(17)27)8-15(25-19)16-9-28-11(2)23-16/h3-9H,1-2H3,(H2,21,26)(H,22,27)(H,24,25). The van der Waals surface area contributed by atoms with Crippen LogP contribution in [0.15, 0.2) is 46.7 Å². The van der Waals surface area contributed by atoms with Crippen molar-refractivity contribution >= 4 is 39.5 Å². The number of aryl methyl sites for hydroxylation is 1. The highest BCUT2D eigenvalue weighted by molar-refractivity contribution is 7.09. The van der Waals surface area contributed by atoms with Crippen LogP contribution in [0.1, 0.15) is 20.9 Å². The number of hydrogen-bond acceptors (Lipinski definition) is 6. The highest BCUT2D eigenvalue weighted by Gasteiger charge is 2.15. The molecule has 1 amide bonds. The molecule has 28 heavy (non-hydrogen) atoms. The van der Waals surface area contributed by atoms with E-state index in [-0.39, 0.29) is 5.56 Å². The molecule has 0 radical (unpaired) electrons. The third-order valence-corrected chi connectivity index (χ3v) is 5.26. The lowest BCUT2D eigenvalue weighted by Crippen LogP contribution is -2.14. The molecule has 0 aliphatic rings. The minimum Gasteiger partial charge on any atom is -0.366 e. The lowest BCUT2D eigenvalue weighted by Gasteiger charge is -2.14. The highest BCUT2D eigenvalue weighted by Crippen LogP contribution is 2.30. The number of thiazole rings is 1. The minimum absolute atomic E-state index is 0.253. The van der Waals surface area contributed by atoms with Crippen molar-refractivity contribution in [3.63, 3.8) is 0 Å². The monoisotopic (exact) mass is 391 g/mol. The average Bonchev–Trinajstić information content (AvgIpc) is 3.09. The zero-order valence-electron chi connectivity index (χ0n) is 15.2. The number of carbonyl (C=O) groups is 1. The van der Waals surface area contributed by atoms with Gasteiger partial charge in [0.15, 0.2) is 0 Å². The second-order valence-corrected chi connectivity index (χ2v) is 7.41. The van der Waals surface area contributed by atoms with Gasteiger partial charge in [-0.2, -0.15) is 0 Å². The molecular weight excluding hydrogens is 374 g/mol. The Morgan fingerprint density at radius 1 is 1.18 bits per heavy atom. The summed E-state index contributed by atoms with van der Waals surface area (Å²) in [4.78, 5) is 36.0. The number of carbonyl (C=O) groups excluding carboxylic acids is 1. The molecular formula is C20H17N5O2S. The van der Waals surface area contributed by atoms with Crippen molar-refractivity contribution in [3.8, 4) is 11.4 Å². The zero-order valence-corrected chi connectivity index (χ0v) is 16.1. The Hall–Kier alpha value is -3.52. The van der Waals surface area contributed by atoms with E-state index in [1.165, 1.54) is 11.3 Å². The molecule has 0 saturated carbocycles. The van der Waals surface area contributed by atoms with Gasteiger partial charge in [-0.3, -0.25) is 9.59 Å². The number of nitrogens with one attached hydrogen (secondary N) is 2. The Morgan fingerprint density at radius 3 is 2.71 bits per heavy atom. The van der Waals surface area contributed by atoms with Crippen LogP contribution in [-0.4, -0.2) is 20.9 Å². The molecule has 1 aromatic carbocycles. The van der Waals surface area contributed by atoms with Gasteiger partial charge in [0.05, 0.1) is 21.8 Å². The summed E-state index contributed by atoms with van der Waals surface area (Å²) in [6, 6.07) is 8.87. The van der Waals surface area contributed by atoms with Crippen LogP contribution in [0.5, 0.6) is 0 Å².